The first-order valence-electron chi connectivity index (χ1n) is 6.86. The molecule has 6 heteroatoms. The van der Waals surface area contributed by atoms with Crippen LogP contribution in [0.4, 0.5) is 0 Å². The van der Waals surface area contributed by atoms with Crippen molar-refractivity contribution in [1.29, 1.82) is 0 Å². The summed E-state index contributed by atoms with van der Waals surface area (Å²) >= 11 is 12.0. The average Bonchev–Trinajstić information content (AvgIpc) is 2.97. The highest BCUT2D eigenvalue weighted by Crippen LogP contribution is 2.31. The van der Waals surface area contributed by atoms with E-state index in [0.717, 1.165) is 25.9 Å². The minimum Gasteiger partial charge on any atom is -0.355 e. The number of carbonyl (C=O) groups excluding carboxylic acids is 1. The highest BCUT2D eigenvalue weighted by Gasteiger charge is 2.22. The number of aromatic nitrogens is 1. The van der Waals surface area contributed by atoms with Crippen LogP contribution < -0.4 is 0 Å². The van der Waals surface area contributed by atoms with Crippen LogP contribution in [0.1, 0.15) is 29.8 Å². The van der Waals surface area contributed by atoms with Gasteiger partial charge in [-0.25, -0.2) is 0 Å². The van der Waals surface area contributed by atoms with Crippen LogP contribution in [0.15, 0.2) is 28.8 Å². The minimum absolute atomic E-state index is 0.0882. The summed E-state index contributed by atoms with van der Waals surface area (Å²) in [5.41, 5.74) is 0.990. The molecule has 110 valence electrons. The molecule has 0 radical (unpaired) electrons. The average molecular weight is 325 g/mol. The molecule has 0 atom stereocenters. The predicted octanol–water partition coefficient (Wildman–Crippen LogP) is 4.27. The maximum absolute atomic E-state index is 12.3. The number of hydrogen-bond acceptors (Lipinski definition) is 3. The number of rotatable bonds is 2. The zero-order valence-corrected chi connectivity index (χ0v) is 12.8. The van der Waals surface area contributed by atoms with Crippen LogP contribution in [0.3, 0.4) is 0 Å². The molecule has 2 aromatic rings. The van der Waals surface area contributed by atoms with E-state index < -0.39 is 0 Å². The molecule has 0 unspecified atom stereocenters. The topological polar surface area (TPSA) is 46.3 Å². The zero-order chi connectivity index (χ0) is 14.8. The highest BCUT2D eigenvalue weighted by atomic mass is 35.5. The number of halogens is 2. The van der Waals surface area contributed by atoms with Crippen LogP contribution in [0.25, 0.3) is 11.3 Å². The standard InChI is InChI=1S/C15H14Cl2N2O2/c16-10-4-5-11(12(17)8-10)14-9-13(18-21-14)15(20)19-6-2-1-3-7-19/h4-5,8-9H,1-3,6-7H2. The van der Waals surface area contributed by atoms with Gasteiger partial charge in [-0.1, -0.05) is 28.4 Å². The van der Waals surface area contributed by atoms with Crippen LogP contribution in [0.2, 0.25) is 10.0 Å². The van der Waals surface area contributed by atoms with Gasteiger partial charge in [0.05, 0.1) is 5.02 Å². The maximum atomic E-state index is 12.3. The summed E-state index contributed by atoms with van der Waals surface area (Å²) in [6, 6.07) is 6.73. The molecule has 0 spiro atoms. The fraction of sp³-hybridized carbons (Fsp3) is 0.333. The van der Waals surface area contributed by atoms with Gasteiger partial charge in [0.2, 0.25) is 0 Å². The second kappa shape index (κ2) is 6.08. The summed E-state index contributed by atoms with van der Waals surface area (Å²) in [4.78, 5) is 14.1. The number of likely N-dealkylation sites (tertiary alicyclic amines) is 1. The summed E-state index contributed by atoms with van der Waals surface area (Å²) in [6.45, 7) is 1.56. The number of carbonyl (C=O) groups is 1. The third-order valence-corrected chi connectivity index (χ3v) is 4.12. The van der Waals surface area contributed by atoms with Crippen LogP contribution in [0, 0.1) is 0 Å². The van der Waals surface area contributed by atoms with Gasteiger partial charge in [-0.3, -0.25) is 4.79 Å². The molecule has 2 heterocycles. The summed E-state index contributed by atoms with van der Waals surface area (Å²) < 4.78 is 5.26. The molecule has 1 saturated heterocycles. The molecule has 1 aliphatic heterocycles. The first-order valence-corrected chi connectivity index (χ1v) is 7.62. The van der Waals surface area contributed by atoms with Crippen LogP contribution in [-0.4, -0.2) is 29.1 Å². The molecule has 1 amide bonds. The molecule has 0 aliphatic carbocycles. The Morgan fingerprint density at radius 1 is 1.14 bits per heavy atom. The fourth-order valence-corrected chi connectivity index (χ4v) is 2.95. The van der Waals surface area contributed by atoms with Crippen LogP contribution in [0.5, 0.6) is 0 Å². The van der Waals surface area contributed by atoms with E-state index in [4.69, 9.17) is 27.7 Å². The number of benzene rings is 1. The van der Waals surface area contributed by atoms with Crippen molar-refractivity contribution in [2.75, 3.05) is 13.1 Å². The van der Waals surface area contributed by atoms with Gasteiger partial charge in [0.1, 0.15) is 0 Å². The van der Waals surface area contributed by atoms with Gasteiger partial charge < -0.3 is 9.42 Å². The second-order valence-corrected chi connectivity index (χ2v) is 5.90. The molecular formula is C15H14Cl2N2O2. The third kappa shape index (κ3) is 3.06. The molecule has 1 aromatic heterocycles. The van der Waals surface area contributed by atoms with Crippen molar-refractivity contribution in [1.82, 2.24) is 10.1 Å². The normalized spacial score (nSPS) is 15.2. The Labute approximate surface area is 132 Å². The van der Waals surface area contributed by atoms with Crippen molar-refractivity contribution in [3.05, 3.63) is 40.0 Å². The van der Waals surface area contributed by atoms with E-state index in [1.807, 2.05) is 4.90 Å². The second-order valence-electron chi connectivity index (χ2n) is 5.05. The van der Waals surface area contributed by atoms with E-state index in [1.54, 1.807) is 24.3 Å². The Kier molecular flexibility index (Phi) is 4.17. The summed E-state index contributed by atoms with van der Waals surface area (Å²) in [7, 11) is 0. The first-order chi connectivity index (χ1) is 10.1. The van der Waals surface area contributed by atoms with E-state index >= 15 is 0 Å². The molecule has 1 aromatic carbocycles. The molecular weight excluding hydrogens is 311 g/mol. The summed E-state index contributed by atoms with van der Waals surface area (Å²) in [5, 5.41) is 4.89. The minimum atomic E-state index is -0.0882. The lowest BCUT2D eigenvalue weighted by Gasteiger charge is -2.25. The first kappa shape index (κ1) is 14.4. The molecule has 4 nitrogen and oxygen atoms in total. The monoisotopic (exact) mass is 324 g/mol. The number of hydrogen-bond donors (Lipinski definition) is 0. The molecule has 1 fully saturated rings. The van der Waals surface area contributed by atoms with Crippen molar-refractivity contribution in [3.8, 4) is 11.3 Å². The Morgan fingerprint density at radius 2 is 1.90 bits per heavy atom. The number of nitrogens with zero attached hydrogens (tertiary/aromatic N) is 2. The molecule has 0 bridgehead atoms. The van der Waals surface area contributed by atoms with E-state index in [-0.39, 0.29) is 5.91 Å². The molecule has 3 rings (SSSR count). The SMILES string of the molecule is O=C(c1cc(-c2ccc(Cl)cc2Cl)on1)N1CCCCC1. The van der Waals surface area contributed by atoms with Gasteiger partial charge in [-0.05, 0) is 37.5 Å². The lowest BCUT2D eigenvalue weighted by atomic mass is 10.1. The van der Waals surface area contributed by atoms with Crippen molar-refractivity contribution >= 4 is 29.1 Å². The van der Waals surface area contributed by atoms with Crippen molar-refractivity contribution in [2.24, 2.45) is 0 Å². The fourth-order valence-electron chi connectivity index (χ4n) is 2.45. The van der Waals surface area contributed by atoms with E-state index in [2.05, 4.69) is 5.16 Å². The Hall–Kier alpha value is -1.52. The highest BCUT2D eigenvalue weighted by molar-refractivity contribution is 6.36. The summed E-state index contributed by atoms with van der Waals surface area (Å²) in [5.74, 6) is 0.381. The van der Waals surface area contributed by atoms with Crippen LogP contribution >= 0.6 is 23.2 Å². The number of piperidine rings is 1. The van der Waals surface area contributed by atoms with Gasteiger partial charge in [0.25, 0.3) is 5.91 Å². The van der Waals surface area contributed by atoms with E-state index in [1.165, 1.54) is 6.42 Å². The quantitative estimate of drug-likeness (QED) is 0.828. The van der Waals surface area contributed by atoms with Gasteiger partial charge in [-0.15, -0.1) is 0 Å². The molecule has 1 aliphatic rings. The molecule has 21 heavy (non-hydrogen) atoms. The van der Waals surface area contributed by atoms with Gasteiger partial charge >= 0.3 is 0 Å². The Bertz CT molecular complexity index is 663. The third-order valence-electron chi connectivity index (χ3n) is 3.57. The smallest absolute Gasteiger partial charge is 0.276 e. The summed E-state index contributed by atoms with van der Waals surface area (Å²) in [6.07, 6.45) is 3.26. The Balaban J connectivity index is 1.84. The molecule has 0 N–H and O–H groups in total. The van der Waals surface area contributed by atoms with Crippen molar-refractivity contribution in [2.45, 2.75) is 19.3 Å². The van der Waals surface area contributed by atoms with Crippen LogP contribution in [-0.2, 0) is 0 Å². The van der Waals surface area contributed by atoms with E-state index in [9.17, 15) is 4.79 Å². The molecule has 0 saturated carbocycles. The van der Waals surface area contributed by atoms with Crippen molar-refractivity contribution < 1.29 is 9.32 Å². The lowest BCUT2D eigenvalue weighted by Crippen LogP contribution is -2.35. The van der Waals surface area contributed by atoms with Crippen molar-refractivity contribution in [3.63, 3.8) is 0 Å². The van der Waals surface area contributed by atoms with Gasteiger partial charge in [0.15, 0.2) is 11.5 Å². The predicted molar refractivity (Wildman–Crippen MR) is 81.7 cm³/mol. The Morgan fingerprint density at radius 3 is 2.62 bits per heavy atom. The zero-order valence-electron chi connectivity index (χ0n) is 11.3. The maximum Gasteiger partial charge on any atom is 0.276 e. The number of amides is 1. The largest absolute Gasteiger partial charge is 0.355 e. The van der Waals surface area contributed by atoms with Gasteiger partial charge in [-0.2, -0.15) is 0 Å². The van der Waals surface area contributed by atoms with Gasteiger partial charge in [0, 0.05) is 29.7 Å². The lowest BCUT2D eigenvalue weighted by molar-refractivity contribution is 0.0714. The van der Waals surface area contributed by atoms with E-state index in [0.29, 0.717) is 27.1 Å².